The second-order valence-corrected chi connectivity index (χ2v) is 13.6. The monoisotopic (exact) mass is 665 g/mol. The van der Waals surface area contributed by atoms with Gasteiger partial charge in [-0.15, -0.1) is 0 Å². The van der Waals surface area contributed by atoms with Crippen LogP contribution in [-0.4, -0.2) is 0 Å². The summed E-state index contributed by atoms with van der Waals surface area (Å²) in [7, 11) is 0. The molecule has 0 fully saturated rings. The molecule has 0 aliphatic heterocycles. The normalized spacial score (nSPS) is 13.2. The SMILES string of the molecule is c1ccc(N(c2ccc3c(c2)oc2cc(C4(c5ccccc5)c5ccccc5-c5ccccc54)ccc23)c2cccc3oc4ccccc4c23)cc1. The first kappa shape index (κ1) is 28.9. The number of nitrogens with zero attached hydrogens (tertiary/aromatic N) is 1. The third-order valence-electron chi connectivity index (χ3n) is 10.9. The molecule has 0 amide bonds. The van der Waals surface area contributed by atoms with Crippen LogP contribution in [0.4, 0.5) is 17.1 Å². The van der Waals surface area contributed by atoms with Crippen LogP contribution in [0.3, 0.4) is 0 Å². The van der Waals surface area contributed by atoms with Crippen molar-refractivity contribution in [3.8, 4) is 11.1 Å². The van der Waals surface area contributed by atoms with Crippen molar-refractivity contribution in [2.75, 3.05) is 4.90 Å². The Hall–Kier alpha value is -6.84. The Morgan fingerprint density at radius 1 is 0.365 bits per heavy atom. The van der Waals surface area contributed by atoms with Crippen molar-refractivity contribution >= 4 is 60.9 Å². The van der Waals surface area contributed by atoms with Gasteiger partial charge in [-0.05, 0) is 81.9 Å². The summed E-state index contributed by atoms with van der Waals surface area (Å²) >= 11 is 0. The van der Waals surface area contributed by atoms with Gasteiger partial charge in [-0.3, -0.25) is 0 Å². The molecule has 10 aromatic rings. The molecule has 11 rings (SSSR count). The van der Waals surface area contributed by atoms with Crippen LogP contribution in [0.1, 0.15) is 22.3 Å². The Kier molecular flexibility index (Phi) is 6.17. The Morgan fingerprint density at radius 3 is 1.73 bits per heavy atom. The number of fused-ring (bicyclic) bond motifs is 9. The van der Waals surface area contributed by atoms with E-state index in [1.165, 1.54) is 33.4 Å². The molecule has 0 saturated carbocycles. The van der Waals surface area contributed by atoms with Crippen molar-refractivity contribution in [3.05, 3.63) is 210 Å². The van der Waals surface area contributed by atoms with E-state index in [1.807, 2.05) is 18.2 Å². The smallest absolute Gasteiger partial charge is 0.137 e. The summed E-state index contributed by atoms with van der Waals surface area (Å²) < 4.78 is 13.2. The van der Waals surface area contributed by atoms with Crippen LogP contribution in [0, 0.1) is 0 Å². The first-order valence-corrected chi connectivity index (χ1v) is 17.8. The molecular weight excluding hydrogens is 635 g/mol. The first-order chi connectivity index (χ1) is 25.8. The fourth-order valence-corrected chi connectivity index (χ4v) is 8.80. The van der Waals surface area contributed by atoms with Crippen LogP contribution in [0.2, 0.25) is 0 Å². The maximum atomic E-state index is 6.87. The van der Waals surface area contributed by atoms with Crippen LogP contribution >= 0.6 is 0 Å². The molecule has 0 N–H and O–H groups in total. The quantitative estimate of drug-likeness (QED) is 0.183. The average Bonchev–Trinajstić information content (AvgIpc) is 3.87. The van der Waals surface area contributed by atoms with Gasteiger partial charge in [0.2, 0.25) is 0 Å². The van der Waals surface area contributed by atoms with Crippen molar-refractivity contribution < 1.29 is 8.83 Å². The summed E-state index contributed by atoms with van der Waals surface area (Å²) in [6.45, 7) is 0. The summed E-state index contributed by atoms with van der Waals surface area (Å²) in [5, 5.41) is 4.36. The van der Waals surface area contributed by atoms with Crippen molar-refractivity contribution in [2.24, 2.45) is 0 Å². The number of hydrogen-bond donors (Lipinski definition) is 0. The second kappa shape index (κ2) is 11.1. The van der Waals surface area contributed by atoms with Crippen molar-refractivity contribution in [2.45, 2.75) is 5.41 Å². The molecule has 1 aliphatic rings. The minimum atomic E-state index is -0.483. The lowest BCUT2D eigenvalue weighted by Gasteiger charge is -2.33. The highest BCUT2D eigenvalue weighted by Gasteiger charge is 2.46. The maximum absolute atomic E-state index is 6.87. The van der Waals surface area contributed by atoms with Gasteiger partial charge in [-0.25, -0.2) is 0 Å². The number of para-hydroxylation sites is 2. The summed E-state index contributed by atoms with van der Waals surface area (Å²) in [6.07, 6.45) is 0. The van der Waals surface area contributed by atoms with E-state index in [-0.39, 0.29) is 0 Å². The van der Waals surface area contributed by atoms with Crippen molar-refractivity contribution in [3.63, 3.8) is 0 Å². The fraction of sp³-hybridized carbons (Fsp3) is 0.0204. The molecule has 244 valence electrons. The van der Waals surface area contributed by atoms with Gasteiger partial charge in [-0.2, -0.15) is 0 Å². The van der Waals surface area contributed by atoms with Gasteiger partial charge in [0, 0.05) is 33.6 Å². The van der Waals surface area contributed by atoms with E-state index in [9.17, 15) is 0 Å². The fourth-order valence-electron chi connectivity index (χ4n) is 8.80. The second-order valence-electron chi connectivity index (χ2n) is 13.6. The Balaban J connectivity index is 1.12. The summed E-state index contributed by atoms with van der Waals surface area (Å²) in [5.74, 6) is 0. The Bertz CT molecular complexity index is 2930. The minimum Gasteiger partial charge on any atom is -0.456 e. The Morgan fingerprint density at radius 2 is 0.962 bits per heavy atom. The number of hydrogen-bond acceptors (Lipinski definition) is 3. The molecule has 0 radical (unpaired) electrons. The maximum Gasteiger partial charge on any atom is 0.137 e. The predicted octanol–water partition coefficient (Wildman–Crippen LogP) is 13.3. The first-order valence-electron chi connectivity index (χ1n) is 17.8. The molecule has 2 heterocycles. The standard InChI is InChI=1S/C49H31NO2/c1-3-14-32(15-4-1)49(41-21-10-7-18-36(41)37-19-8-11-22-42(37)49)33-26-28-38-39-29-27-35(31-47(39)52-46(38)30-33)50(34-16-5-2-6-17-34)43-23-13-25-45-48(43)40-20-9-12-24-44(40)51-45/h1-31H. The lowest BCUT2D eigenvalue weighted by Crippen LogP contribution is -2.28. The highest BCUT2D eigenvalue weighted by molar-refractivity contribution is 6.14. The molecular formula is C49H31NO2. The van der Waals surface area contributed by atoms with Gasteiger partial charge in [0.15, 0.2) is 0 Å². The zero-order valence-corrected chi connectivity index (χ0v) is 28.2. The average molecular weight is 666 g/mol. The van der Waals surface area contributed by atoms with E-state index >= 15 is 0 Å². The molecule has 0 saturated heterocycles. The number of benzene rings is 8. The summed E-state index contributed by atoms with van der Waals surface area (Å²) in [4.78, 5) is 2.30. The van der Waals surface area contributed by atoms with Crippen LogP contribution in [0.15, 0.2) is 197 Å². The van der Waals surface area contributed by atoms with E-state index < -0.39 is 5.41 Å². The molecule has 8 aromatic carbocycles. The third-order valence-corrected chi connectivity index (χ3v) is 10.9. The van der Waals surface area contributed by atoms with Gasteiger partial charge in [-0.1, -0.05) is 133 Å². The molecule has 2 aromatic heterocycles. The van der Waals surface area contributed by atoms with Gasteiger partial charge in [0.25, 0.3) is 0 Å². The lowest BCUT2D eigenvalue weighted by molar-refractivity contribution is 0.665. The molecule has 3 nitrogen and oxygen atoms in total. The highest BCUT2D eigenvalue weighted by Crippen LogP contribution is 2.56. The van der Waals surface area contributed by atoms with Crippen LogP contribution in [0.5, 0.6) is 0 Å². The van der Waals surface area contributed by atoms with E-state index in [1.54, 1.807) is 0 Å². The molecule has 0 atom stereocenters. The zero-order valence-electron chi connectivity index (χ0n) is 28.2. The largest absolute Gasteiger partial charge is 0.456 e. The summed E-state index contributed by atoms with van der Waals surface area (Å²) in [6, 6.07) is 67.1. The minimum absolute atomic E-state index is 0.483. The molecule has 52 heavy (non-hydrogen) atoms. The van der Waals surface area contributed by atoms with Crippen molar-refractivity contribution in [1.82, 2.24) is 0 Å². The lowest BCUT2D eigenvalue weighted by atomic mass is 9.67. The summed E-state index contributed by atoms with van der Waals surface area (Å²) in [5.41, 5.74) is 13.6. The number of rotatable bonds is 5. The number of furan rings is 2. The van der Waals surface area contributed by atoms with E-state index in [0.717, 1.165) is 60.9 Å². The molecule has 0 spiro atoms. The molecule has 0 bridgehead atoms. The molecule has 1 aliphatic carbocycles. The Labute approximate surface area is 300 Å². The van der Waals surface area contributed by atoms with Gasteiger partial charge in [0.1, 0.15) is 22.3 Å². The van der Waals surface area contributed by atoms with E-state index in [0.29, 0.717) is 0 Å². The highest BCUT2D eigenvalue weighted by atomic mass is 16.3. The topological polar surface area (TPSA) is 29.5 Å². The molecule has 3 heteroatoms. The van der Waals surface area contributed by atoms with Crippen LogP contribution in [-0.2, 0) is 5.41 Å². The van der Waals surface area contributed by atoms with Crippen molar-refractivity contribution in [1.29, 1.82) is 0 Å². The third kappa shape index (κ3) is 4.02. The van der Waals surface area contributed by atoms with Gasteiger partial charge >= 0.3 is 0 Å². The zero-order chi connectivity index (χ0) is 34.2. The van der Waals surface area contributed by atoms with Gasteiger partial charge < -0.3 is 13.7 Å². The number of anilines is 3. The van der Waals surface area contributed by atoms with E-state index in [4.69, 9.17) is 8.83 Å². The van der Waals surface area contributed by atoms with E-state index in [2.05, 4.69) is 175 Å². The molecule has 0 unspecified atom stereocenters. The predicted molar refractivity (Wildman–Crippen MR) is 213 cm³/mol. The van der Waals surface area contributed by atoms with Crippen LogP contribution < -0.4 is 4.90 Å². The van der Waals surface area contributed by atoms with Gasteiger partial charge in [0.05, 0.1) is 16.5 Å². The van der Waals surface area contributed by atoms with Crippen LogP contribution in [0.25, 0.3) is 55.0 Å².